The molecule has 1 saturated heterocycles. The van der Waals surface area contributed by atoms with Crippen LogP contribution in [0, 0.1) is 5.92 Å². The van der Waals surface area contributed by atoms with E-state index in [0.29, 0.717) is 25.1 Å². The van der Waals surface area contributed by atoms with Crippen LogP contribution in [0.3, 0.4) is 0 Å². The minimum Gasteiger partial charge on any atom is -0.494 e. The van der Waals surface area contributed by atoms with E-state index in [4.69, 9.17) is 4.74 Å². The molecule has 1 saturated carbocycles. The van der Waals surface area contributed by atoms with Crippen molar-refractivity contribution < 1.29 is 9.53 Å². The highest BCUT2D eigenvalue weighted by atomic mass is 79.9. The number of carbonyl (C=O) groups excluding carboxylic acids is 1. The summed E-state index contributed by atoms with van der Waals surface area (Å²) in [6, 6.07) is 6.47. The van der Waals surface area contributed by atoms with Gasteiger partial charge in [0, 0.05) is 29.2 Å². The van der Waals surface area contributed by atoms with Gasteiger partial charge in [-0.15, -0.1) is 12.4 Å². The number of halogens is 2. The van der Waals surface area contributed by atoms with Crippen LogP contribution in [0.15, 0.2) is 22.7 Å². The second-order valence-corrected chi connectivity index (χ2v) is 7.34. The summed E-state index contributed by atoms with van der Waals surface area (Å²) in [5, 5.41) is 3.35. The topological polar surface area (TPSA) is 41.6 Å². The number of ether oxygens (including phenoxy) is 1. The van der Waals surface area contributed by atoms with Gasteiger partial charge in [0.1, 0.15) is 5.75 Å². The molecule has 0 aromatic heterocycles. The molecule has 0 bridgehead atoms. The van der Waals surface area contributed by atoms with Crippen LogP contribution in [0.25, 0.3) is 0 Å². The van der Waals surface area contributed by atoms with E-state index < -0.39 is 0 Å². The molecule has 2 aliphatic rings. The summed E-state index contributed by atoms with van der Waals surface area (Å²) in [4.78, 5) is 15.1. The smallest absolute Gasteiger partial charge is 0.227 e. The maximum atomic E-state index is 13.0. The zero-order valence-electron chi connectivity index (χ0n) is 14.1. The summed E-state index contributed by atoms with van der Waals surface area (Å²) in [5.41, 5.74) is 1.09. The predicted molar refractivity (Wildman–Crippen MR) is 102 cm³/mol. The van der Waals surface area contributed by atoms with E-state index in [9.17, 15) is 4.79 Å². The Morgan fingerprint density at radius 2 is 2.17 bits per heavy atom. The predicted octanol–water partition coefficient (Wildman–Crippen LogP) is 3.76. The van der Waals surface area contributed by atoms with Crippen LogP contribution in [-0.2, 0) is 11.3 Å². The van der Waals surface area contributed by atoms with Crippen molar-refractivity contribution in [2.24, 2.45) is 5.92 Å². The summed E-state index contributed by atoms with van der Waals surface area (Å²) < 4.78 is 6.77. The van der Waals surface area contributed by atoms with Gasteiger partial charge in [0.2, 0.25) is 5.91 Å². The summed E-state index contributed by atoms with van der Waals surface area (Å²) in [6.07, 6.45) is 4.36. The fourth-order valence-electron chi connectivity index (χ4n) is 3.22. The summed E-state index contributed by atoms with van der Waals surface area (Å²) >= 11 is 3.53. The molecule has 3 rings (SSSR count). The minimum absolute atomic E-state index is 0. The van der Waals surface area contributed by atoms with Gasteiger partial charge in [-0.3, -0.25) is 4.79 Å². The number of nitrogens with zero attached hydrogens (tertiary/aromatic N) is 1. The Labute approximate surface area is 158 Å². The molecule has 4 nitrogen and oxygen atoms in total. The van der Waals surface area contributed by atoms with Crippen LogP contribution in [-0.4, -0.2) is 36.5 Å². The van der Waals surface area contributed by atoms with Crippen molar-refractivity contribution in [2.45, 2.75) is 45.2 Å². The summed E-state index contributed by atoms with van der Waals surface area (Å²) in [6.45, 7) is 5.13. The van der Waals surface area contributed by atoms with Gasteiger partial charge in [-0.05, 0) is 57.4 Å². The van der Waals surface area contributed by atoms with E-state index in [0.717, 1.165) is 54.6 Å². The number of piperidine rings is 1. The highest BCUT2D eigenvalue weighted by molar-refractivity contribution is 9.10. The van der Waals surface area contributed by atoms with Gasteiger partial charge < -0.3 is 15.0 Å². The average Bonchev–Trinajstić information content (AvgIpc) is 3.40. The van der Waals surface area contributed by atoms with Crippen LogP contribution in [0.4, 0.5) is 0 Å². The van der Waals surface area contributed by atoms with Gasteiger partial charge in [0.05, 0.1) is 12.5 Å². The maximum absolute atomic E-state index is 13.0. The molecule has 1 N–H and O–H groups in total. The number of hydrogen-bond donors (Lipinski definition) is 1. The molecular weight excluding hydrogens is 392 g/mol. The molecule has 0 radical (unpaired) electrons. The van der Waals surface area contributed by atoms with Crippen molar-refractivity contribution in [1.82, 2.24) is 10.2 Å². The largest absolute Gasteiger partial charge is 0.494 e. The van der Waals surface area contributed by atoms with Crippen LogP contribution in [0.5, 0.6) is 5.75 Å². The normalized spacial score (nSPS) is 20.2. The Balaban J connectivity index is 0.00000208. The quantitative estimate of drug-likeness (QED) is 0.766. The first-order chi connectivity index (χ1) is 11.2. The van der Waals surface area contributed by atoms with Gasteiger partial charge in [-0.2, -0.15) is 0 Å². The minimum atomic E-state index is 0. The first kappa shape index (κ1) is 19.5. The first-order valence-electron chi connectivity index (χ1n) is 8.61. The number of nitrogens with one attached hydrogen (secondary N) is 1. The van der Waals surface area contributed by atoms with E-state index >= 15 is 0 Å². The zero-order chi connectivity index (χ0) is 16.2. The fourth-order valence-corrected chi connectivity index (χ4v) is 3.63. The molecule has 0 spiro atoms. The molecule has 1 aliphatic heterocycles. The van der Waals surface area contributed by atoms with Crippen LogP contribution < -0.4 is 10.1 Å². The Morgan fingerprint density at radius 1 is 1.38 bits per heavy atom. The lowest BCUT2D eigenvalue weighted by Gasteiger charge is -2.30. The third-order valence-corrected chi connectivity index (χ3v) is 5.07. The molecule has 1 aromatic carbocycles. The summed E-state index contributed by atoms with van der Waals surface area (Å²) in [7, 11) is 0. The molecular formula is C18H26BrClN2O2. The van der Waals surface area contributed by atoms with E-state index in [-0.39, 0.29) is 18.3 Å². The number of amides is 1. The molecule has 1 amide bonds. The highest BCUT2D eigenvalue weighted by Gasteiger charge is 2.36. The van der Waals surface area contributed by atoms with E-state index in [1.54, 1.807) is 0 Å². The third kappa shape index (κ3) is 4.87. The lowest BCUT2D eigenvalue weighted by atomic mass is 9.97. The number of carbonyl (C=O) groups is 1. The average molecular weight is 418 g/mol. The van der Waals surface area contributed by atoms with E-state index in [1.165, 1.54) is 0 Å². The van der Waals surface area contributed by atoms with Crippen molar-refractivity contribution in [2.75, 3.05) is 19.7 Å². The van der Waals surface area contributed by atoms with Crippen molar-refractivity contribution in [1.29, 1.82) is 0 Å². The summed E-state index contributed by atoms with van der Waals surface area (Å²) in [5.74, 6) is 1.32. The second-order valence-electron chi connectivity index (χ2n) is 6.43. The van der Waals surface area contributed by atoms with Gasteiger partial charge in [0.15, 0.2) is 0 Å². The van der Waals surface area contributed by atoms with Gasteiger partial charge in [-0.25, -0.2) is 0 Å². The SMILES string of the molecule is CCOc1ccc(Br)cc1CN(C(=O)C1CCCNC1)C1CC1.Cl. The Kier molecular flexibility index (Phi) is 7.38. The lowest BCUT2D eigenvalue weighted by molar-refractivity contribution is -0.137. The molecule has 1 aromatic rings. The Morgan fingerprint density at radius 3 is 2.79 bits per heavy atom. The molecule has 24 heavy (non-hydrogen) atoms. The molecule has 1 heterocycles. The Hall–Kier alpha value is -0.780. The molecule has 134 valence electrons. The molecule has 1 atom stereocenters. The number of hydrogen-bond acceptors (Lipinski definition) is 3. The molecule has 2 fully saturated rings. The van der Waals surface area contributed by atoms with Crippen molar-refractivity contribution >= 4 is 34.2 Å². The fraction of sp³-hybridized carbons (Fsp3) is 0.611. The van der Waals surface area contributed by atoms with Crippen LogP contribution in [0.1, 0.15) is 38.2 Å². The Bertz CT molecular complexity index is 560. The second kappa shape index (κ2) is 9.07. The van der Waals surface area contributed by atoms with Crippen LogP contribution >= 0.6 is 28.3 Å². The first-order valence-corrected chi connectivity index (χ1v) is 9.40. The molecule has 6 heteroatoms. The van der Waals surface area contributed by atoms with Crippen molar-refractivity contribution in [3.63, 3.8) is 0 Å². The van der Waals surface area contributed by atoms with E-state index in [1.807, 2.05) is 19.1 Å². The maximum Gasteiger partial charge on any atom is 0.227 e. The van der Waals surface area contributed by atoms with Gasteiger partial charge >= 0.3 is 0 Å². The number of rotatable bonds is 6. The van der Waals surface area contributed by atoms with Crippen molar-refractivity contribution in [3.05, 3.63) is 28.2 Å². The third-order valence-electron chi connectivity index (χ3n) is 4.58. The molecule has 1 unspecified atom stereocenters. The van der Waals surface area contributed by atoms with Gasteiger partial charge in [-0.1, -0.05) is 15.9 Å². The highest BCUT2D eigenvalue weighted by Crippen LogP contribution is 2.33. The van der Waals surface area contributed by atoms with Crippen LogP contribution in [0.2, 0.25) is 0 Å². The van der Waals surface area contributed by atoms with Gasteiger partial charge in [0.25, 0.3) is 0 Å². The molecule has 1 aliphatic carbocycles. The van der Waals surface area contributed by atoms with E-state index in [2.05, 4.69) is 32.2 Å². The lowest BCUT2D eigenvalue weighted by Crippen LogP contribution is -2.43. The standard InChI is InChI=1S/C18H25BrN2O2.ClH/c1-2-23-17-8-5-15(19)10-14(17)12-21(16-6-7-16)18(22)13-4-3-9-20-11-13;/h5,8,10,13,16,20H,2-4,6-7,9,11-12H2,1H3;1H. The monoisotopic (exact) mass is 416 g/mol. The van der Waals surface area contributed by atoms with Crippen molar-refractivity contribution in [3.8, 4) is 5.75 Å². The zero-order valence-corrected chi connectivity index (χ0v) is 16.5. The number of benzene rings is 1.